The number of aryl methyl sites for hydroxylation is 1. The van der Waals surface area contributed by atoms with Gasteiger partial charge in [-0.1, -0.05) is 12.1 Å². The van der Waals surface area contributed by atoms with Crippen LogP contribution in [-0.2, 0) is 6.54 Å². The Balaban J connectivity index is 1.51. The molecule has 1 saturated heterocycles. The molecule has 6 heteroatoms. The highest BCUT2D eigenvalue weighted by Gasteiger charge is 2.24. The van der Waals surface area contributed by atoms with Crippen molar-refractivity contribution in [3.63, 3.8) is 0 Å². The smallest absolute Gasteiger partial charge is 0.156 e. The Hall–Kier alpha value is -2.60. The van der Waals surface area contributed by atoms with E-state index in [1.807, 2.05) is 25.1 Å². The maximum atomic E-state index is 13.1. The van der Waals surface area contributed by atoms with Crippen molar-refractivity contribution in [1.82, 2.24) is 24.8 Å². The molecule has 0 saturated carbocycles. The Kier molecular flexibility index (Phi) is 4.75. The van der Waals surface area contributed by atoms with Gasteiger partial charge in [0.15, 0.2) is 5.82 Å². The van der Waals surface area contributed by atoms with Crippen LogP contribution in [0, 0.1) is 12.7 Å². The van der Waals surface area contributed by atoms with E-state index < -0.39 is 0 Å². The Morgan fingerprint density at radius 1 is 1.23 bits per heavy atom. The number of hydrogen-bond acceptors (Lipinski definition) is 4. The maximum Gasteiger partial charge on any atom is 0.156 e. The summed E-state index contributed by atoms with van der Waals surface area (Å²) in [6, 6.07) is 8.72. The average molecular weight is 351 g/mol. The SMILES string of the molecule is Cc1cc(-c2ncc[nH]2)nc([C@H]2CCCN(Cc3ccc(F)cc3)C2)n1. The van der Waals surface area contributed by atoms with Crippen LogP contribution in [0.2, 0.25) is 0 Å². The van der Waals surface area contributed by atoms with Crippen molar-refractivity contribution in [2.45, 2.75) is 32.2 Å². The fourth-order valence-electron chi connectivity index (χ4n) is 3.56. The highest BCUT2D eigenvalue weighted by Crippen LogP contribution is 2.27. The summed E-state index contributed by atoms with van der Waals surface area (Å²) >= 11 is 0. The Morgan fingerprint density at radius 2 is 2.08 bits per heavy atom. The number of hydrogen-bond donors (Lipinski definition) is 1. The monoisotopic (exact) mass is 351 g/mol. The topological polar surface area (TPSA) is 57.7 Å². The third-order valence-corrected chi connectivity index (χ3v) is 4.80. The van der Waals surface area contributed by atoms with Crippen molar-refractivity contribution in [1.29, 1.82) is 0 Å². The molecule has 0 aliphatic carbocycles. The predicted octanol–water partition coefficient (Wildman–Crippen LogP) is 3.69. The van der Waals surface area contributed by atoms with E-state index in [1.165, 1.54) is 12.1 Å². The number of aromatic amines is 1. The maximum absolute atomic E-state index is 13.1. The number of benzene rings is 1. The van der Waals surface area contributed by atoms with Gasteiger partial charge in [-0.05, 0) is 50.1 Å². The number of rotatable bonds is 4. The molecule has 1 aliphatic rings. The van der Waals surface area contributed by atoms with E-state index in [4.69, 9.17) is 9.97 Å². The summed E-state index contributed by atoms with van der Waals surface area (Å²) in [6.07, 6.45) is 5.73. The van der Waals surface area contributed by atoms with E-state index in [2.05, 4.69) is 14.9 Å². The summed E-state index contributed by atoms with van der Waals surface area (Å²) in [7, 11) is 0. The van der Waals surface area contributed by atoms with Gasteiger partial charge in [0, 0.05) is 37.1 Å². The number of halogens is 1. The van der Waals surface area contributed by atoms with Crippen molar-refractivity contribution >= 4 is 0 Å². The first-order valence-electron chi connectivity index (χ1n) is 8.99. The molecule has 0 unspecified atom stereocenters. The zero-order chi connectivity index (χ0) is 17.9. The van der Waals surface area contributed by atoms with Crippen LogP contribution >= 0.6 is 0 Å². The Labute approximate surface area is 152 Å². The quantitative estimate of drug-likeness (QED) is 0.779. The van der Waals surface area contributed by atoms with E-state index in [-0.39, 0.29) is 5.82 Å². The second kappa shape index (κ2) is 7.33. The molecule has 3 aromatic rings. The van der Waals surface area contributed by atoms with Crippen LogP contribution in [0.15, 0.2) is 42.7 Å². The lowest BCUT2D eigenvalue weighted by Crippen LogP contribution is -2.34. The number of likely N-dealkylation sites (tertiary alicyclic amines) is 1. The number of piperidine rings is 1. The molecule has 0 amide bonds. The van der Waals surface area contributed by atoms with Crippen LogP contribution in [0.25, 0.3) is 11.5 Å². The standard InChI is InChI=1S/C20H22FN5/c1-14-11-18(20-22-8-9-23-20)25-19(24-14)16-3-2-10-26(13-16)12-15-4-6-17(21)7-5-15/h4-9,11,16H,2-3,10,12-13H2,1H3,(H,22,23)/t16-/m0/s1. The van der Waals surface area contributed by atoms with Crippen molar-refractivity contribution in [2.24, 2.45) is 0 Å². The number of nitrogens with zero attached hydrogens (tertiary/aromatic N) is 4. The van der Waals surface area contributed by atoms with Gasteiger partial charge in [0.1, 0.15) is 17.3 Å². The molecular weight excluding hydrogens is 329 g/mol. The lowest BCUT2D eigenvalue weighted by molar-refractivity contribution is 0.196. The van der Waals surface area contributed by atoms with Crippen molar-refractivity contribution < 1.29 is 4.39 Å². The number of imidazole rings is 1. The molecule has 0 bridgehead atoms. The minimum Gasteiger partial charge on any atom is -0.343 e. The molecule has 3 heterocycles. The fraction of sp³-hybridized carbons (Fsp3) is 0.350. The molecule has 134 valence electrons. The average Bonchev–Trinajstić information content (AvgIpc) is 3.18. The van der Waals surface area contributed by atoms with E-state index in [0.29, 0.717) is 5.92 Å². The van der Waals surface area contributed by atoms with E-state index in [1.54, 1.807) is 12.4 Å². The highest BCUT2D eigenvalue weighted by molar-refractivity contribution is 5.49. The van der Waals surface area contributed by atoms with Crippen molar-refractivity contribution in [3.05, 3.63) is 65.6 Å². The summed E-state index contributed by atoms with van der Waals surface area (Å²) < 4.78 is 13.1. The second-order valence-corrected chi connectivity index (χ2v) is 6.89. The number of H-pyrrole nitrogens is 1. The van der Waals surface area contributed by atoms with Crippen molar-refractivity contribution in [3.8, 4) is 11.5 Å². The van der Waals surface area contributed by atoms with Crippen LogP contribution in [0.5, 0.6) is 0 Å². The first-order valence-corrected chi connectivity index (χ1v) is 8.99. The molecule has 0 radical (unpaired) electrons. The lowest BCUT2D eigenvalue weighted by atomic mass is 9.96. The van der Waals surface area contributed by atoms with Gasteiger partial charge < -0.3 is 4.98 Å². The molecule has 1 aliphatic heterocycles. The summed E-state index contributed by atoms with van der Waals surface area (Å²) in [5.41, 5.74) is 2.93. The molecule has 2 aromatic heterocycles. The third-order valence-electron chi connectivity index (χ3n) is 4.80. The zero-order valence-corrected chi connectivity index (χ0v) is 14.8. The van der Waals surface area contributed by atoms with E-state index in [0.717, 1.165) is 61.1 Å². The van der Waals surface area contributed by atoms with Gasteiger partial charge in [-0.2, -0.15) is 0 Å². The molecule has 1 N–H and O–H groups in total. The first-order chi connectivity index (χ1) is 12.7. The summed E-state index contributed by atoms with van der Waals surface area (Å²) in [5.74, 6) is 1.78. The summed E-state index contributed by atoms with van der Waals surface area (Å²) in [5, 5.41) is 0. The normalized spacial score (nSPS) is 18.2. The summed E-state index contributed by atoms with van der Waals surface area (Å²) in [6.45, 7) is 4.79. The Bertz CT molecular complexity index is 860. The first kappa shape index (κ1) is 16.8. The zero-order valence-electron chi connectivity index (χ0n) is 14.8. The van der Waals surface area contributed by atoms with Gasteiger partial charge in [-0.3, -0.25) is 4.90 Å². The number of nitrogens with one attached hydrogen (secondary N) is 1. The van der Waals surface area contributed by atoms with Gasteiger partial charge in [-0.25, -0.2) is 19.3 Å². The van der Waals surface area contributed by atoms with E-state index in [9.17, 15) is 4.39 Å². The Morgan fingerprint density at radius 3 is 2.85 bits per heavy atom. The fourth-order valence-corrected chi connectivity index (χ4v) is 3.56. The molecule has 1 atom stereocenters. The summed E-state index contributed by atoms with van der Waals surface area (Å²) in [4.78, 5) is 19.3. The largest absolute Gasteiger partial charge is 0.343 e. The minimum absolute atomic E-state index is 0.191. The van der Waals surface area contributed by atoms with Crippen LogP contribution in [0.1, 0.15) is 35.8 Å². The van der Waals surface area contributed by atoms with Crippen LogP contribution in [0.4, 0.5) is 4.39 Å². The van der Waals surface area contributed by atoms with Gasteiger partial charge >= 0.3 is 0 Å². The van der Waals surface area contributed by atoms with Gasteiger partial charge in [-0.15, -0.1) is 0 Å². The molecule has 1 aromatic carbocycles. The van der Waals surface area contributed by atoms with E-state index >= 15 is 0 Å². The second-order valence-electron chi connectivity index (χ2n) is 6.89. The molecule has 0 spiro atoms. The molecule has 1 fully saturated rings. The predicted molar refractivity (Wildman–Crippen MR) is 98.0 cm³/mol. The molecule has 4 rings (SSSR count). The van der Waals surface area contributed by atoms with Crippen LogP contribution in [0.3, 0.4) is 0 Å². The molecule has 26 heavy (non-hydrogen) atoms. The lowest BCUT2D eigenvalue weighted by Gasteiger charge is -2.32. The minimum atomic E-state index is -0.191. The van der Waals surface area contributed by atoms with Gasteiger partial charge in [0.2, 0.25) is 0 Å². The van der Waals surface area contributed by atoms with Gasteiger partial charge in [0.05, 0.1) is 0 Å². The van der Waals surface area contributed by atoms with Gasteiger partial charge in [0.25, 0.3) is 0 Å². The highest BCUT2D eigenvalue weighted by atomic mass is 19.1. The number of aromatic nitrogens is 4. The van der Waals surface area contributed by atoms with Crippen molar-refractivity contribution in [2.75, 3.05) is 13.1 Å². The third kappa shape index (κ3) is 3.80. The molecule has 5 nitrogen and oxygen atoms in total. The molecular formula is C20H22FN5. The van der Waals surface area contributed by atoms with Crippen LogP contribution in [-0.4, -0.2) is 37.9 Å². The van der Waals surface area contributed by atoms with Crippen LogP contribution < -0.4 is 0 Å².